The first-order chi connectivity index (χ1) is 6.16. The molecule has 0 bridgehead atoms. The molecule has 0 aliphatic carbocycles. The van der Waals surface area contributed by atoms with Gasteiger partial charge in [0.25, 0.3) is 0 Å². The molecule has 66 valence electrons. The zero-order chi connectivity index (χ0) is 9.42. The van der Waals surface area contributed by atoms with Crippen molar-refractivity contribution in [1.82, 2.24) is 9.97 Å². The maximum atomic E-state index is 4.37. The standard InChI is InChI=1S/C11H12N2/c1-7-4-10-8(2)5-9(3)13-11(10)12-6-7/h4-6H,1-3H3. The van der Waals surface area contributed by atoms with Crippen molar-refractivity contribution >= 4 is 11.0 Å². The second-order valence-electron chi connectivity index (χ2n) is 3.46. The third-order valence-electron chi connectivity index (χ3n) is 2.14. The number of pyridine rings is 2. The number of hydrogen-bond donors (Lipinski definition) is 0. The molecular formula is C11H12N2. The number of aryl methyl sites for hydroxylation is 3. The van der Waals surface area contributed by atoms with E-state index in [2.05, 4.69) is 29.0 Å². The third kappa shape index (κ3) is 1.39. The summed E-state index contributed by atoms with van der Waals surface area (Å²) in [7, 11) is 0. The summed E-state index contributed by atoms with van der Waals surface area (Å²) < 4.78 is 0. The highest BCUT2D eigenvalue weighted by Gasteiger charge is 2.00. The van der Waals surface area contributed by atoms with Crippen LogP contribution in [0.15, 0.2) is 18.3 Å². The fourth-order valence-electron chi connectivity index (χ4n) is 1.53. The van der Waals surface area contributed by atoms with E-state index in [1.807, 2.05) is 20.0 Å². The van der Waals surface area contributed by atoms with E-state index in [-0.39, 0.29) is 0 Å². The van der Waals surface area contributed by atoms with Gasteiger partial charge in [-0.25, -0.2) is 9.97 Å². The molecule has 0 fully saturated rings. The average molecular weight is 172 g/mol. The fourth-order valence-corrected chi connectivity index (χ4v) is 1.53. The quantitative estimate of drug-likeness (QED) is 0.610. The van der Waals surface area contributed by atoms with Gasteiger partial charge in [0.05, 0.1) is 0 Å². The van der Waals surface area contributed by atoms with Crippen molar-refractivity contribution < 1.29 is 0 Å². The summed E-state index contributed by atoms with van der Waals surface area (Å²) in [5.74, 6) is 0. The topological polar surface area (TPSA) is 25.8 Å². The molecule has 0 aromatic carbocycles. The van der Waals surface area contributed by atoms with Crippen LogP contribution in [0.4, 0.5) is 0 Å². The molecule has 13 heavy (non-hydrogen) atoms. The second-order valence-corrected chi connectivity index (χ2v) is 3.46. The first kappa shape index (κ1) is 8.17. The Morgan fingerprint density at radius 1 is 1.08 bits per heavy atom. The number of aromatic nitrogens is 2. The van der Waals surface area contributed by atoms with Gasteiger partial charge in [-0.3, -0.25) is 0 Å². The molecule has 0 aliphatic heterocycles. The Bertz CT molecular complexity index is 461. The van der Waals surface area contributed by atoms with Crippen LogP contribution in [-0.2, 0) is 0 Å². The van der Waals surface area contributed by atoms with Gasteiger partial charge in [-0.15, -0.1) is 0 Å². The molecule has 2 aromatic heterocycles. The molecule has 2 heteroatoms. The van der Waals surface area contributed by atoms with E-state index in [0.717, 1.165) is 16.7 Å². The van der Waals surface area contributed by atoms with Crippen molar-refractivity contribution in [2.45, 2.75) is 20.8 Å². The Morgan fingerprint density at radius 2 is 1.85 bits per heavy atom. The summed E-state index contributed by atoms with van der Waals surface area (Å²) in [6.45, 7) is 6.14. The van der Waals surface area contributed by atoms with Crippen molar-refractivity contribution in [2.24, 2.45) is 0 Å². The minimum atomic E-state index is 0.850. The molecule has 2 nitrogen and oxygen atoms in total. The lowest BCUT2D eigenvalue weighted by molar-refractivity contribution is 1.18. The molecule has 0 saturated carbocycles. The summed E-state index contributed by atoms with van der Waals surface area (Å²) in [6.07, 6.45) is 1.86. The van der Waals surface area contributed by atoms with Crippen molar-refractivity contribution in [1.29, 1.82) is 0 Å². The maximum absolute atomic E-state index is 4.37. The highest BCUT2D eigenvalue weighted by Crippen LogP contribution is 2.16. The fraction of sp³-hybridized carbons (Fsp3) is 0.273. The van der Waals surface area contributed by atoms with Gasteiger partial charge in [0.2, 0.25) is 0 Å². The van der Waals surface area contributed by atoms with Crippen LogP contribution < -0.4 is 0 Å². The maximum Gasteiger partial charge on any atom is 0.159 e. The van der Waals surface area contributed by atoms with Gasteiger partial charge >= 0.3 is 0 Å². The van der Waals surface area contributed by atoms with Crippen LogP contribution in [0.2, 0.25) is 0 Å². The summed E-state index contributed by atoms with van der Waals surface area (Å²) in [4.78, 5) is 8.66. The minimum Gasteiger partial charge on any atom is -0.236 e. The summed E-state index contributed by atoms with van der Waals surface area (Å²) in [6, 6.07) is 4.22. The molecule has 0 aliphatic rings. The molecular weight excluding hydrogens is 160 g/mol. The largest absolute Gasteiger partial charge is 0.236 e. The monoisotopic (exact) mass is 172 g/mol. The number of nitrogens with zero attached hydrogens (tertiary/aromatic N) is 2. The first-order valence-electron chi connectivity index (χ1n) is 4.37. The zero-order valence-electron chi connectivity index (χ0n) is 8.13. The number of rotatable bonds is 0. The van der Waals surface area contributed by atoms with Crippen LogP contribution in [0.5, 0.6) is 0 Å². The van der Waals surface area contributed by atoms with E-state index in [1.54, 1.807) is 0 Å². The van der Waals surface area contributed by atoms with Gasteiger partial charge in [0, 0.05) is 17.3 Å². The van der Waals surface area contributed by atoms with Crippen molar-refractivity contribution in [3.05, 3.63) is 35.2 Å². The van der Waals surface area contributed by atoms with Gasteiger partial charge < -0.3 is 0 Å². The molecule has 0 unspecified atom stereocenters. The number of hydrogen-bond acceptors (Lipinski definition) is 2. The smallest absolute Gasteiger partial charge is 0.159 e. The third-order valence-corrected chi connectivity index (χ3v) is 2.14. The molecule has 0 spiro atoms. The summed E-state index contributed by atoms with van der Waals surface area (Å²) in [5.41, 5.74) is 4.31. The Hall–Kier alpha value is -1.44. The average Bonchev–Trinajstić information content (AvgIpc) is 2.06. The Balaban J connectivity index is 2.87. The lowest BCUT2D eigenvalue weighted by Gasteiger charge is -2.02. The second kappa shape index (κ2) is 2.80. The zero-order valence-corrected chi connectivity index (χ0v) is 8.13. The minimum absolute atomic E-state index is 0.850. The predicted octanol–water partition coefficient (Wildman–Crippen LogP) is 2.56. The van der Waals surface area contributed by atoms with Gasteiger partial charge in [0.1, 0.15) is 0 Å². The normalized spacial score (nSPS) is 10.7. The van der Waals surface area contributed by atoms with E-state index in [4.69, 9.17) is 0 Å². The van der Waals surface area contributed by atoms with Gasteiger partial charge in [-0.05, 0) is 44.0 Å². The summed E-state index contributed by atoms with van der Waals surface area (Å²) >= 11 is 0. The molecule has 2 heterocycles. The molecule has 2 rings (SSSR count). The van der Waals surface area contributed by atoms with Crippen molar-refractivity contribution in [3.63, 3.8) is 0 Å². The molecule has 0 N–H and O–H groups in total. The Morgan fingerprint density at radius 3 is 2.62 bits per heavy atom. The summed E-state index contributed by atoms with van der Waals surface area (Å²) in [5, 5.41) is 1.16. The van der Waals surface area contributed by atoms with E-state index in [1.165, 1.54) is 11.1 Å². The van der Waals surface area contributed by atoms with Crippen LogP contribution in [0.3, 0.4) is 0 Å². The molecule has 0 atom stereocenters. The Labute approximate surface area is 77.6 Å². The molecule has 0 radical (unpaired) electrons. The highest BCUT2D eigenvalue weighted by molar-refractivity contribution is 5.79. The number of fused-ring (bicyclic) bond motifs is 1. The van der Waals surface area contributed by atoms with Crippen LogP contribution >= 0.6 is 0 Å². The van der Waals surface area contributed by atoms with Crippen LogP contribution in [0.25, 0.3) is 11.0 Å². The van der Waals surface area contributed by atoms with E-state index in [9.17, 15) is 0 Å². The molecule has 0 amide bonds. The van der Waals surface area contributed by atoms with Crippen LogP contribution in [0.1, 0.15) is 16.8 Å². The predicted molar refractivity (Wildman–Crippen MR) is 53.7 cm³/mol. The van der Waals surface area contributed by atoms with Gasteiger partial charge in [0.15, 0.2) is 5.65 Å². The van der Waals surface area contributed by atoms with Gasteiger partial charge in [-0.1, -0.05) is 0 Å². The molecule has 2 aromatic rings. The Kier molecular flexibility index (Phi) is 1.76. The van der Waals surface area contributed by atoms with Crippen molar-refractivity contribution in [3.8, 4) is 0 Å². The SMILES string of the molecule is Cc1cnc2nc(C)cc(C)c2c1. The van der Waals surface area contributed by atoms with E-state index < -0.39 is 0 Å². The van der Waals surface area contributed by atoms with Gasteiger partial charge in [-0.2, -0.15) is 0 Å². The van der Waals surface area contributed by atoms with Crippen LogP contribution in [-0.4, -0.2) is 9.97 Å². The molecule has 0 saturated heterocycles. The lowest BCUT2D eigenvalue weighted by Crippen LogP contribution is -1.90. The highest BCUT2D eigenvalue weighted by atomic mass is 14.8. The van der Waals surface area contributed by atoms with Crippen LogP contribution in [0, 0.1) is 20.8 Å². The first-order valence-corrected chi connectivity index (χ1v) is 4.37. The lowest BCUT2D eigenvalue weighted by atomic mass is 10.1. The van der Waals surface area contributed by atoms with Crippen molar-refractivity contribution in [2.75, 3.05) is 0 Å². The van der Waals surface area contributed by atoms with E-state index >= 15 is 0 Å². The van der Waals surface area contributed by atoms with E-state index in [0.29, 0.717) is 0 Å².